The molecule has 0 unspecified atom stereocenters. The molecule has 1 fully saturated rings. The molecular formula is C7H17ClN2. The minimum Gasteiger partial charge on any atom is -0.330 e. The van der Waals surface area contributed by atoms with Gasteiger partial charge < -0.3 is 10.6 Å². The summed E-state index contributed by atoms with van der Waals surface area (Å²) in [7, 11) is 2.17. The quantitative estimate of drug-likeness (QED) is 0.619. The minimum atomic E-state index is 0. The largest absolute Gasteiger partial charge is 0.330 e. The predicted molar refractivity (Wildman–Crippen MR) is 46.5 cm³/mol. The summed E-state index contributed by atoms with van der Waals surface area (Å²) in [5.74, 6) is 0.767. The van der Waals surface area contributed by atoms with Crippen molar-refractivity contribution in [3.63, 3.8) is 0 Å². The molecule has 0 aliphatic carbocycles. The summed E-state index contributed by atoms with van der Waals surface area (Å²) in [5.41, 5.74) is 5.54. The molecule has 0 saturated carbocycles. The van der Waals surface area contributed by atoms with Crippen LogP contribution >= 0.6 is 12.4 Å². The van der Waals surface area contributed by atoms with Crippen LogP contribution in [0.25, 0.3) is 0 Å². The summed E-state index contributed by atoms with van der Waals surface area (Å²) in [6.45, 7) is 3.33. The lowest BCUT2D eigenvalue weighted by Crippen LogP contribution is -2.35. The molecule has 1 saturated heterocycles. The number of hydrogen-bond donors (Lipinski definition) is 1. The van der Waals surface area contributed by atoms with E-state index in [-0.39, 0.29) is 12.4 Å². The van der Waals surface area contributed by atoms with Gasteiger partial charge in [-0.3, -0.25) is 0 Å². The zero-order chi connectivity index (χ0) is 6.69. The van der Waals surface area contributed by atoms with Crippen LogP contribution in [0, 0.1) is 5.92 Å². The van der Waals surface area contributed by atoms with Crippen molar-refractivity contribution >= 4 is 12.4 Å². The Labute approximate surface area is 69.2 Å². The number of rotatable bonds is 1. The van der Waals surface area contributed by atoms with Crippen LogP contribution in [0.4, 0.5) is 0 Å². The van der Waals surface area contributed by atoms with Gasteiger partial charge in [0.15, 0.2) is 0 Å². The number of halogens is 1. The van der Waals surface area contributed by atoms with Crippen molar-refractivity contribution in [1.82, 2.24) is 4.90 Å². The van der Waals surface area contributed by atoms with Crippen molar-refractivity contribution in [2.75, 3.05) is 26.7 Å². The maximum atomic E-state index is 5.54. The van der Waals surface area contributed by atoms with Gasteiger partial charge in [-0.2, -0.15) is 0 Å². The Bertz CT molecular complexity index is 87.7. The number of hydrogen-bond acceptors (Lipinski definition) is 2. The van der Waals surface area contributed by atoms with Crippen molar-refractivity contribution in [3.05, 3.63) is 0 Å². The van der Waals surface area contributed by atoms with Crippen LogP contribution in [-0.2, 0) is 0 Å². The van der Waals surface area contributed by atoms with Crippen LogP contribution in [0.1, 0.15) is 12.8 Å². The molecule has 1 heterocycles. The molecule has 10 heavy (non-hydrogen) atoms. The van der Waals surface area contributed by atoms with E-state index in [9.17, 15) is 0 Å². The number of piperidine rings is 1. The monoisotopic (exact) mass is 164 g/mol. The molecule has 3 heteroatoms. The highest BCUT2D eigenvalue weighted by molar-refractivity contribution is 5.85. The number of likely N-dealkylation sites (tertiary alicyclic amines) is 1. The van der Waals surface area contributed by atoms with Crippen LogP contribution in [0.15, 0.2) is 0 Å². The lowest BCUT2D eigenvalue weighted by molar-refractivity contribution is 0.214. The standard InChI is InChI=1S/C7H16N2.ClH/c1-9-4-2-3-7(5-8)6-9;/h7H,2-6,8H2,1H3;1H/t7-;/m0./s1. The summed E-state index contributed by atoms with van der Waals surface area (Å²) in [4.78, 5) is 2.36. The van der Waals surface area contributed by atoms with Crippen LogP contribution < -0.4 is 5.73 Å². The van der Waals surface area contributed by atoms with Crippen LogP contribution in [0.3, 0.4) is 0 Å². The first-order valence-corrected chi connectivity index (χ1v) is 3.71. The van der Waals surface area contributed by atoms with Crippen LogP contribution in [-0.4, -0.2) is 31.6 Å². The first kappa shape index (κ1) is 10.2. The van der Waals surface area contributed by atoms with Crippen molar-refractivity contribution < 1.29 is 0 Å². The van der Waals surface area contributed by atoms with Crippen molar-refractivity contribution in [2.24, 2.45) is 11.7 Å². The smallest absolute Gasteiger partial charge is 0.00187 e. The highest BCUT2D eigenvalue weighted by Gasteiger charge is 2.14. The third-order valence-electron chi connectivity index (χ3n) is 2.06. The average molecular weight is 165 g/mol. The third-order valence-corrected chi connectivity index (χ3v) is 2.06. The van der Waals surface area contributed by atoms with Gasteiger partial charge in [-0.05, 0) is 38.9 Å². The fraction of sp³-hybridized carbons (Fsp3) is 1.00. The molecule has 0 spiro atoms. The van der Waals surface area contributed by atoms with E-state index < -0.39 is 0 Å². The lowest BCUT2D eigenvalue weighted by Gasteiger charge is -2.28. The van der Waals surface area contributed by atoms with Gasteiger partial charge in [0, 0.05) is 6.54 Å². The van der Waals surface area contributed by atoms with E-state index in [2.05, 4.69) is 11.9 Å². The summed E-state index contributed by atoms with van der Waals surface area (Å²) in [6.07, 6.45) is 2.67. The normalized spacial score (nSPS) is 27.6. The van der Waals surface area contributed by atoms with E-state index in [4.69, 9.17) is 5.73 Å². The SMILES string of the molecule is CN1CCC[C@@H](CN)C1.Cl. The maximum Gasteiger partial charge on any atom is 0.00187 e. The van der Waals surface area contributed by atoms with E-state index >= 15 is 0 Å². The molecule has 0 aromatic carbocycles. The van der Waals surface area contributed by atoms with Gasteiger partial charge in [-0.15, -0.1) is 12.4 Å². The van der Waals surface area contributed by atoms with Gasteiger partial charge in [0.2, 0.25) is 0 Å². The first-order valence-electron chi connectivity index (χ1n) is 3.71. The molecule has 0 radical (unpaired) electrons. The fourth-order valence-corrected chi connectivity index (χ4v) is 1.47. The Morgan fingerprint density at radius 1 is 1.60 bits per heavy atom. The molecule has 62 valence electrons. The Kier molecular flexibility index (Phi) is 5.04. The van der Waals surface area contributed by atoms with Gasteiger partial charge in [0.05, 0.1) is 0 Å². The summed E-state index contributed by atoms with van der Waals surface area (Å²) in [6, 6.07) is 0. The molecule has 0 aromatic heterocycles. The average Bonchev–Trinajstić information content (AvgIpc) is 1.88. The van der Waals surface area contributed by atoms with E-state index in [0.717, 1.165) is 12.5 Å². The highest BCUT2D eigenvalue weighted by Crippen LogP contribution is 2.12. The number of nitrogens with two attached hydrogens (primary N) is 1. The molecule has 2 nitrogen and oxygen atoms in total. The first-order chi connectivity index (χ1) is 4.33. The third kappa shape index (κ3) is 2.86. The zero-order valence-electron chi connectivity index (χ0n) is 6.55. The Balaban J connectivity index is 0.000000810. The van der Waals surface area contributed by atoms with Crippen LogP contribution in [0.2, 0.25) is 0 Å². The summed E-state index contributed by atoms with van der Waals surface area (Å²) >= 11 is 0. The van der Waals surface area contributed by atoms with Crippen molar-refractivity contribution in [1.29, 1.82) is 0 Å². The molecule has 2 N–H and O–H groups in total. The molecule has 1 atom stereocenters. The number of nitrogens with zero attached hydrogens (tertiary/aromatic N) is 1. The highest BCUT2D eigenvalue weighted by atomic mass is 35.5. The van der Waals surface area contributed by atoms with E-state index in [1.165, 1.54) is 25.9 Å². The van der Waals surface area contributed by atoms with E-state index in [0.29, 0.717) is 0 Å². The second-order valence-electron chi connectivity index (χ2n) is 3.01. The minimum absolute atomic E-state index is 0. The van der Waals surface area contributed by atoms with E-state index in [1.807, 2.05) is 0 Å². The predicted octanol–water partition coefficient (Wildman–Crippen LogP) is 0.709. The Hall–Kier alpha value is 0.210. The molecular weight excluding hydrogens is 148 g/mol. The van der Waals surface area contributed by atoms with Crippen LogP contribution in [0.5, 0.6) is 0 Å². The Morgan fingerprint density at radius 2 is 2.30 bits per heavy atom. The van der Waals surface area contributed by atoms with E-state index in [1.54, 1.807) is 0 Å². The molecule has 0 bridgehead atoms. The molecule has 1 rings (SSSR count). The Morgan fingerprint density at radius 3 is 2.70 bits per heavy atom. The lowest BCUT2D eigenvalue weighted by atomic mass is 9.99. The molecule has 0 aromatic rings. The van der Waals surface area contributed by atoms with Crippen molar-refractivity contribution in [3.8, 4) is 0 Å². The molecule has 0 amide bonds. The zero-order valence-corrected chi connectivity index (χ0v) is 7.36. The van der Waals surface area contributed by atoms with Crippen molar-refractivity contribution in [2.45, 2.75) is 12.8 Å². The second kappa shape index (κ2) is 4.94. The summed E-state index contributed by atoms with van der Waals surface area (Å²) < 4.78 is 0. The summed E-state index contributed by atoms with van der Waals surface area (Å²) in [5, 5.41) is 0. The molecule has 1 aliphatic heterocycles. The van der Waals surface area contributed by atoms with Gasteiger partial charge in [-0.25, -0.2) is 0 Å². The van der Waals surface area contributed by atoms with Gasteiger partial charge >= 0.3 is 0 Å². The maximum absolute atomic E-state index is 5.54. The van der Waals surface area contributed by atoms with Gasteiger partial charge in [0.25, 0.3) is 0 Å². The van der Waals surface area contributed by atoms with Gasteiger partial charge in [-0.1, -0.05) is 0 Å². The van der Waals surface area contributed by atoms with Gasteiger partial charge in [0.1, 0.15) is 0 Å². The molecule has 1 aliphatic rings. The topological polar surface area (TPSA) is 29.3 Å². The fourth-order valence-electron chi connectivity index (χ4n) is 1.47. The second-order valence-corrected chi connectivity index (χ2v) is 3.01.